The molecule has 2 rings (SSSR count). The molecule has 0 radical (unpaired) electrons. The van der Waals surface area contributed by atoms with Crippen LogP contribution in [0, 0.1) is 13.8 Å². The number of hydrogen-bond donors (Lipinski definition) is 1. The predicted molar refractivity (Wildman–Crippen MR) is 83.7 cm³/mol. The van der Waals surface area contributed by atoms with E-state index in [1.807, 2.05) is 0 Å². The van der Waals surface area contributed by atoms with Gasteiger partial charge in [0.2, 0.25) is 0 Å². The van der Waals surface area contributed by atoms with Crippen LogP contribution in [-0.2, 0) is 4.74 Å². The third-order valence-electron chi connectivity index (χ3n) is 3.55. The van der Waals surface area contributed by atoms with Gasteiger partial charge in [-0.15, -0.1) is 0 Å². The van der Waals surface area contributed by atoms with E-state index in [4.69, 9.17) is 17.0 Å². The van der Waals surface area contributed by atoms with Crippen LogP contribution in [0.5, 0.6) is 0 Å². The Morgan fingerprint density at radius 2 is 1.89 bits per heavy atom. The fraction of sp³-hybridized carbons (Fsp3) is 0.533. The summed E-state index contributed by atoms with van der Waals surface area (Å²) in [5, 5.41) is 4.15. The smallest absolute Gasteiger partial charge is 0.173 e. The number of anilines is 1. The topological polar surface area (TPSA) is 24.5 Å². The Kier molecular flexibility index (Phi) is 4.42. The Labute approximate surface area is 120 Å². The first kappa shape index (κ1) is 14.3. The van der Waals surface area contributed by atoms with Crippen LogP contribution in [0.25, 0.3) is 0 Å². The standard InChI is InChI=1S/C15H22N2OS/c1-10-6-5-7-14(13(10)4)16-15(19)17-8-11(2)18-12(3)9-17/h5-7,11-12H,8-9H2,1-4H3,(H,16,19). The molecule has 1 N–H and O–H groups in total. The number of hydrogen-bond acceptors (Lipinski definition) is 2. The molecule has 1 aromatic carbocycles. The SMILES string of the molecule is Cc1cccc(NC(=S)N2CC(C)OC(C)C2)c1C. The van der Waals surface area contributed by atoms with Crippen molar-refractivity contribution >= 4 is 23.0 Å². The highest BCUT2D eigenvalue weighted by Gasteiger charge is 2.24. The molecule has 2 unspecified atom stereocenters. The van der Waals surface area contributed by atoms with Crippen LogP contribution in [0.4, 0.5) is 5.69 Å². The Hall–Kier alpha value is -1.13. The molecule has 1 aliphatic heterocycles. The third-order valence-corrected chi connectivity index (χ3v) is 3.91. The van der Waals surface area contributed by atoms with Gasteiger partial charge in [-0.1, -0.05) is 12.1 Å². The number of benzene rings is 1. The van der Waals surface area contributed by atoms with Crippen LogP contribution >= 0.6 is 12.2 Å². The van der Waals surface area contributed by atoms with Crippen LogP contribution in [0.15, 0.2) is 18.2 Å². The van der Waals surface area contributed by atoms with E-state index in [1.54, 1.807) is 0 Å². The first-order valence-electron chi connectivity index (χ1n) is 6.75. The average Bonchev–Trinajstić information content (AvgIpc) is 2.33. The molecule has 0 spiro atoms. The first-order valence-corrected chi connectivity index (χ1v) is 7.16. The maximum atomic E-state index is 5.73. The number of nitrogens with one attached hydrogen (secondary N) is 1. The van der Waals surface area contributed by atoms with Gasteiger partial charge in [-0.3, -0.25) is 0 Å². The fourth-order valence-electron chi connectivity index (χ4n) is 2.42. The molecule has 0 bridgehead atoms. The summed E-state index contributed by atoms with van der Waals surface area (Å²) in [6.07, 6.45) is 0.448. The number of aryl methyl sites for hydroxylation is 1. The lowest BCUT2D eigenvalue weighted by atomic mass is 10.1. The highest BCUT2D eigenvalue weighted by atomic mass is 32.1. The molecule has 3 nitrogen and oxygen atoms in total. The highest BCUT2D eigenvalue weighted by Crippen LogP contribution is 2.19. The van der Waals surface area contributed by atoms with Gasteiger partial charge in [0.15, 0.2) is 5.11 Å². The fourth-order valence-corrected chi connectivity index (χ4v) is 2.68. The van der Waals surface area contributed by atoms with E-state index >= 15 is 0 Å². The minimum atomic E-state index is 0.224. The zero-order valence-corrected chi connectivity index (χ0v) is 12.9. The molecule has 4 heteroatoms. The molecule has 0 aromatic heterocycles. The van der Waals surface area contributed by atoms with Crippen LogP contribution in [0.3, 0.4) is 0 Å². The third kappa shape index (κ3) is 3.45. The van der Waals surface area contributed by atoms with E-state index in [-0.39, 0.29) is 12.2 Å². The molecule has 104 valence electrons. The molecule has 1 aromatic rings. The molecular weight excluding hydrogens is 256 g/mol. The van der Waals surface area contributed by atoms with Gasteiger partial charge in [0.1, 0.15) is 0 Å². The van der Waals surface area contributed by atoms with Crippen molar-refractivity contribution in [2.45, 2.75) is 39.9 Å². The zero-order chi connectivity index (χ0) is 14.0. The number of morpholine rings is 1. The van der Waals surface area contributed by atoms with Crippen molar-refractivity contribution in [3.63, 3.8) is 0 Å². The second-order valence-corrected chi connectivity index (χ2v) is 5.73. The van der Waals surface area contributed by atoms with E-state index in [0.717, 1.165) is 23.9 Å². The van der Waals surface area contributed by atoms with Crippen LogP contribution in [0.2, 0.25) is 0 Å². The monoisotopic (exact) mass is 278 g/mol. The molecule has 1 saturated heterocycles. The van der Waals surface area contributed by atoms with Crippen molar-refractivity contribution < 1.29 is 4.74 Å². The second-order valence-electron chi connectivity index (χ2n) is 5.34. The van der Waals surface area contributed by atoms with Crippen LogP contribution in [0.1, 0.15) is 25.0 Å². The molecule has 0 saturated carbocycles. The largest absolute Gasteiger partial charge is 0.372 e. The minimum absolute atomic E-state index is 0.224. The van der Waals surface area contributed by atoms with Crippen molar-refractivity contribution in [2.24, 2.45) is 0 Å². The zero-order valence-electron chi connectivity index (χ0n) is 12.1. The number of nitrogens with zero attached hydrogens (tertiary/aromatic N) is 1. The lowest BCUT2D eigenvalue weighted by Crippen LogP contribution is -2.49. The van der Waals surface area contributed by atoms with E-state index in [2.05, 4.69) is 56.1 Å². The summed E-state index contributed by atoms with van der Waals surface area (Å²) >= 11 is 5.52. The van der Waals surface area contributed by atoms with Crippen molar-refractivity contribution in [3.05, 3.63) is 29.3 Å². The van der Waals surface area contributed by atoms with Gasteiger partial charge in [0, 0.05) is 18.8 Å². The Bertz CT molecular complexity index is 465. The van der Waals surface area contributed by atoms with Crippen molar-refractivity contribution in [3.8, 4) is 0 Å². The van der Waals surface area contributed by atoms with Gasteiger partial charge in [-0.05, 0) is 57.1 Å². The lowest BCUT2D eigenvalue weighted by molar-refractivity contribution is -0.0473. The molecule has 0 aliphatic carbocycles. The van der Waals surface area contributed by atoms with Crippen LogP contribution in [-0.4, -0.2) is 35.3 Å². The molecule has 19 heavy (non-hydrogen) atoms. The van der Waals surface area contributed by atoms with E-state index < -0.39 is 0 Å². The van der Waals surface area contributed by atoms with Crippen molar-refractivity contribution in [1.29, 1.82) is 0 Å². The normalized spacial score (nSPS) is 23.3. The van der Waals surface area contributed by atoms with Gasteiger partial charge in [0.25, 0.3) is 0 Å². The van der Waals surface area contributed by atoms with Gasteiger partial charge < -0.3 is 15.0 Å². The first-order chi connectivity index (χ1) is 8.97. The van der Waals surface area contributed by atoms with Crippen LogP contribution < -0.4 is 5.32 Å². The van der Waals surface area contributed by atoms with Gasteiger partial charge in [-0.25, -0.2) is 0 Å². The number of rotatable bonds is 1. The summed E-state index contributed by atoms with van der Waals surface area (Å²) in [5.41, 5.74) is 3.62. The lowest BCUT2D eigenvalue weighted by Gasteiger charge is -2.37. The Morgan fingerprint density at radius 3 is 2.53 bits per heavy atom. The average molecular weight is 278 g/mol. The predicted octanol–water partition coefficient (Wildman–Crippen LogP) is 3.11. The molecular formula is C15H22N2OS. The molecule has 1 fully saturated rings. The summed E-state index contributed by atoms with van der Waals surface area (Å²) in [4.78, 5) is 2.19. The van der Waals surface area contributed by atoms with Crippen molar-refractivity contribution in [2.75, 3.05) is 18.4 Å². The summed E-state index contributed by atoms with van der Waals surface area (Å²) in [5.74, 6) is 0. The summed E-state index contributed by atoms with van der Waals surface area (Å²) in [6.45, 7) is 10.1. The summed E-state index contributed by atoms with van der Waals surface area (Å²) in [6, 6.07) is 6.24. The maximum absolute atomic E-state index is 5.73. The number of thiocarbonyl (C=S) groups is 1. The molecule has 0 amide bonds. The second kappa shape index (κ2) is 5.88. The van der Waals surface area contributed by atoms with Gasteiger partial charge >= 0.3 is 0 Å². The molecule has 2 atom stereocenters. The van der Waals surface area contributed by atoms with Gasteiger partial charge in [0.05, 0.1) is 12.2 Å². The van der Waals surface area contributed by atoms with Crippen molar-refractivity contribution in [1.82, 2.24) is 4.90 Å². The molecule has 1 aliphatic rings. The summed E-state index contributed by atoms with van der Waals surface area (Å²) < 4.78 is 5.73. The Morgan fingerprint density at radius 1 is 1.26 bits per heavy atom. The Balaban J connectivity index is 2.06. The highest BCUT2D eigenvalue weighted by molar-refractivity contribution is 7.80. The quantitative estimate of drug-likeness (QED) is 0.798. The maximum Gasteiger partial charge on any atom is 0.173 e. The van der Waals surface area contributed by atoms with E-state index in [0.29, 0.717) is 0 Å². The van der Waals surface area contributed by atoms with Gasteiger partial charge in [-0.2, -0.15) is 0 Å². The number of ether oxygens (including phenoxy) is 1. The van der Waals surface area contributed by atoms with E-state index in [9.17, 15) is 0 Å². The molecule has 1 heterocycles. The summed E-state index contributed by atoms with van der Waals surface area (Å²) in [7, 11) is 0. The minimum Gasteiger partial charge on any atom is -0.372 e. The van der Waals surface area contributed by atoms with E-state index in [1.165, 1.54) is 11.1 Å².